The van der Waals surface area contributed by atoms with Crippen molar-refractivity contribution in [2.24, 2.45) is 5.73 Å². The van der Waals surface area contributed by atoms with Gasteiger partial charge in [-0.2, -0.15) is 0 Å². The molecule has 1 aliphatic carbocycles. The molecule has 43 heavy (non-hydrogen) atoms. The monoisotopic (exact) mass is 594 g/mol. The molecule has 1 aliphatic rings. The summed E-state index contributed by atoms with van der Waals surface area (Å²) in [6.07, 6.45) is 7.35. The van der Waals surface area contributed by atoms with Crippen molar-refractivity contribution < 1.29 is 13.2 Å². The molecule has 0 unspecified atom stereocenters. The second kappa shape index (κ2) is 12.4. The fourth-order valence-electron chi connectivity index (χ4n) is 5.45. The summed E-state index contributed by atoms with van der Waals surface area (Å²) in [7, 11) is -3.65. The minimum atomic E-state index is -3.65. The number of pyridine rings is 1. The molecule has 2 aromatic heterocycles. The van der Waals surface area contributed by atoms with Crippen LogP contribution in [0.5, 0.6) is 11.6 Å². The van der Waals surface area contributed by atoms with Gasteiger partial charge in [0, 0.05) is 35.2 Å². The molecular formula is C33H34N6O3S. The van der Waals surface area contributed by atoms with Crippen LogP contribution >= 0.6 is 0 Å². The number of fused-ring (bicyclic) bond motifs is 1. The number of benzene rings is 3. The first-order chi connectivity index (χ1) is 20.8. The zero-order valence-corrected chi connectivity index (χ0v) is 24.7. The van der Waals surface area contributed by atoms with Crippen molar-refractivity contribution in [1.82, 2.24) is 15.0 Å². The number of anilines is 2. The van der Waals surface area contributed by atoms with Crippen molar-refractivity contribution >= 4 is 32.4 Å². The Hall–Kier alpha value is -4.54. The van der Waals surface area contributed by atoms with Gasteiger partial charge in [-0.05, 0) is 68.0 Å². The standard InChI is InChI=1S/C33H34N6O3S/c1-22-12-17-26-27(9-5-11-30(26)39-43(40,41)21-23-7-3-2-4-8-23)31(22)42-32-28(10-6-19-35-32)29-18-20-36-33(38-29)37-25-15-13-24(34)14-16-25/h2-12,17-20,24-25,39H,13-16,21,34H2,1H3,(H,36,37,38). The highest BCUT2D eigenvalue weighted by molar-refractivity contribution is 7.91. The highest BCUT2D eigenvalue weighted by atomic mass is 32.2. The van der Waals surface area contributed by atoms with E-state index in [2.05, 4.69) is 20.0 Å². The lowest BCUT2D eigenvalue weighted by molar-refractivity contribution is 0.410. The molecule has 0 saturated heterocycles. The topological polar surface area (TPSA) is 132 Å². The largest absolute Gasteiger partial charge is 0.437 e. The van der Waals surface area contributed by atoms with Crippen LogP contribution in [0.4, 0.5) is 11.6 Å². The van der Waals surface area contributed by atoms with Gasteiger partial charge >= 0.3 is 0 Å². The van der Waals surface area contributed by atoms with E-state index in [0.29, 0.717) is 34.5 Å². The van der Waals surface area contributed by atoms with Gasteiger partial charge in [0.2, 0.25) is 21.9 Å². The summed E-state index contributed by atoms with van der Waals surface area (Å²) in [6, 6.07) is 24.6. The van der Waals surface area contributed by atoms with Crippen molar-refractivity contribution in [3.63, 3.8) is 0 Å². The second-order valence-electron chi connectivity index (χ2n) is 10.9. The Morgan fingerprint density at radius 3 is 2.49 bits per heavy atom. The predicted octanol–water partition coefficient (Wildman–Crippen LogP) is 6.42. The molecule has 10 heteroatoms. The van der Waals surface area contributed by atoms with E-state index in [0.717, 1.165) is 47.6 Å². The van der Waals surface area contributed by atoms with Gasteiger partial charge in [0.25, 0.3) is 0 Å². The second-order valence-corrected chi connectivity index (χ2v) is 12.7. The molecule has 1 saturated carbocycles. The van der Waals surface area contributed by atoms with E-state index in [1.54, 1.807) is 30.6 Å². The number of nitrogens with two attached hydrogens (primary N) is 1. The molecule has 0 spiro atoms. The summed E-state index contributed by atoms with van der Waals surface area (Å²) in [5.74, 6) is 1.41. The third-order valence-corrected chi connectivity index (χ3v) is 8.92. The minimum Gasteiger partial charge on any atom is -0.437 e. The van der Waals surface area contributed by atoms with Crippen LogP contribution in [0.15, 0.2) is 91.3 Å². The summed E-state index contributed by atoms with van der Waals surface area (Å²) in [5, 5.41) is 4.94. The first-order valence-electron chi connectivity index (χ1n) is 14.4. The maximum atomic E-state index is 13.1. The van der Waals surface area contributed by atoms with E-state index in [-0.39, 0.29) is 17.8 Å². The van der Waals surface area contributed by atoms with Crippen molar-refractivity contribution in [3.8, 4) is 22.9 Å². The summed E-state index contributed by atoms with van der Waals surface area (Å²) >= 11 is 0. The van der Waals surface area contributed by atoms with Crippen molar-refractivity contribution in [3.05, 3.63) is 102 Å². The Balaban J connectivity index is 1.29. The van der Waals surface area contributed by atoms with E-state index < -0.39 is 10.0 Å². The average molecular weight is 595 g/mol. The average Bonchev–Trinajstić information content (AvgIpc) is 3.00. The van der Waals surface area contributed by atoms with Crippen molar-refractivity contribution in [2.75, 3.05) is 10.0 Å². The zero-order chi connectivity index (χ0) is 29.8. The first-order valence-corrected chi connectivity index (χ1v) is 16.0. The molecule has 6 rings (SSSR count). The number of hydrogen-bond acceptors (Lipinski definition) is 8. The number of ether oxygens (including phenoxy) is 1. The summed E-state index contributed by atoms with van der Waals surface area (Å²) in [6.45, 7) is 1.95. The SMILES string of the molecule is Cc1ccc2c(NS(=O)(=O)Cc3ccccc3)cccc2c1Oc1ncccc1-c1ccnc(NC2CCC(N)CC2)n1. The molecule has 1 fully saturated rings. The molecule has 4 N–H and O–H groups in total. The molecule has 0 atom stereocenters. The maximum absolute atomic E-state index is 13.1. The van der Waals surface area contributed by atoms with Crippen LogP contribution in [0.3, 0.4) is 0 Å². The highest BCUT2D eigenvalue weighted by Gasteiger charge is 2.21. The minimum absolute atomic E-state index is 0.124. The van der Waals surface area contributed by atoms with Crippen LogP contribution in [0.2, 0.25) is 0 Å². The van der Waals surface area contributed by atoms with Crippen LogP contribution in [0, 0.1) is 6.92 Å². The Morgan fingerprint density at radius 1 is 0.860 bits per heavy atom. The Morgan fingerprint density at radius 2 is 1.67 bits per heavy atom. The third kappa shape index (κ3) is 6.76. The molecule has 3 aromatic carbocycles. The molecule has 5 aromatic rings. The molecule has 220 valence electrons. The Bertz CT molecular complexity index is 1840. The molecule has 0 aliphatic heterocycles. The fraction of sp³-hybridized carbons (Fsp3) is 0.242. The number of nitrogens with zero attached hydrogens (tertiary/aromatic N) is 3. The fourth-order valence-corrected chi connectivity index (χ4v) is 6.67. The normalized spacial score (nSPS) is 17.0. The molecule has 0 bridgehead atoms. The number of hydrogen-bond donors (Lipinski definition) is 3. The van der Waals surface area contributed by atoms with E-state index in [1.165, 1.54) is 0 Å². The molecule has 0 radical (unpaired) electrons. The van der Waals surface area contributed by atoms with Crippen LogP contribution in [0.25, 0.3) is 22.0 Å². The highest BCUT2D eigenvalue weighted by Crippen LogP contribution is 2.39. The van der Waals surface area contributed by atoms with Crippen LogP contribution in [-0.2, 0) is 15.8 Å². The third-order valence-electron chi connectivity index (χ3n) is 7.68. The van der Waals surface area contributed by atoms with Crippen molar-refractivity contribution in [1.29, 1.82) is 0 Å². The quantitative estimate of drug-likeness (QED) is 0.178. The number of aryl methyl sites for hydroxylation is 1. The van der Waals surface area contributed by atoms with Gasteiger partial charge in [0.05, 0.1) is 22.7 Å². The van der Waals surface area contributed by atoms with Crippen LogP contribution < -0.4 is 20.5 Å². The maximum Gasteiger partial charge on any atom is 0.236 e. The van der Waals surface area contributed by atoms with Crippen LogP contribution in [0.1, 0.15) is 36.8 Å². The van der Waals surface area contributed by atoms with Crippen LogP contribution in [-0.4, -0.2) is 35.5 Å². The first kappa shape index (κ1) is 28.6. The lowest BCUT2D eigenvalue weighted by Gasteiger charge is -2.26. The van der Waals surface area contributed by atoms with E-state index in [9.17, 15) is 8.42 Å². The number of aromatic nitrogens is 3. The lowest BCUT2D eigenvalue weighted by Crippen LogP contribution is -2.33. The van der Waals surface area contributed by atoms with Gasteiger partial charge in [-0.3, -0.25) is 4.72 Å². The Kier molecular flexibility index (Phi) is 8.22. The smallest absolute Gasteiger partial charge is 0.236 e. The van der Waals surface area contributed by atoms with E-state index in [1.807, 2.05) is 67.6 Å². The summed E-state index contributed by atoms with van der Waals surface area (Å²) < 4.78 is 35.4. The molecule has 2 heterocycles. The predicted molar refractivity (Wildman–Crippen MR) is 171 cm³/mol. The van der Waals surface area contributed by atoms with Crippen molar-refractivity contribution in [2.45, 2.75) is 50.4 Å². The number of nitrogens with one attached hydrogen (secondary N) is 2. The van der Waals surface area contributed by atoms with Gasteiger partial charge < -0.3 is 15.8 Å². The van der Waals surface area contributed by atoms with Gasteiger partial charge in [0.15, 0.2) is 0 Å². The zero-order valence-electron chi connectivity index (χ0n) is 23.9. The molecular weight excluding hydrogens is 560 g/mol. The van der Waals surface area contributed by atoms with Gasteiger partial charge in [-0.25, -0.2) is 23.4 Å². The summed E-state index contributed by atoms with van der Waals surface area (Å²) in [5.41, 5.74) is 9.54. The number of rotatable bonds is 9. The van der Waals surface area contributed by atoms with Gasteiger partial charge in [-0.1, -0.05) is 54.6 Å². The van der Waals surface area contributed by atoms with Gasteiger partial charge in [0.1, 0.15) is 5.75 Å². The Labute approximate surface area is 251 Å². The summed E-state index contributed by atoms with van der Waals surface area (Å²) in [4.78, 5) is 13.8. The number of sulfonamides is 1. The van der Waals surface area contributed by atoms with E-state index >= 15 is 0 Å². The molecule has 9 nitrogen and oxygen atoms in total. The van der Waals surface area contributed by atoms with E-state index in [4.69, 9.17) is 15.5 Å². The lowest BCUT2D eigenvalue weighted by atomic mass is 9.92. The molecule has 0 amide bonds. The van der Waals surface area contributed by atoms with Gasteiger partial charge in [-0.15, -0.1) is 0 Å².